The summed E-state index contributed by atoms with van der Waals surface area (Å²) in [7, 11) is 3.16. The van der Waals surface area contributed by atoms with E-state index in [1.54, 1.807) is 43.4 Å². The molecule has 3 rings (SSSR count). The van der Waals surface area contributed by atoms with Crippen LogP contribution in [0.25, 0.3) is 0 Å². The van der Waals surface area contributed by atoms with E-state index in [-0.39, 0.29) is 23.3 Å². The number of methoxy groups -OCH3 is 2. The molecule has 1 unspecified atom stereocenters. The summed E-state index contributed by atoms with van der Waals surface area (Å²) in [5.74, 6) is -0.370. The zero-order valence-electron chi connectivity index (χ0n) is 17.3. The van der Waals surface area contributed by atoms with Crippen molar-refractivity contribution in [3.8, 4) is 5.75 Å². The molecular formula is C22H24FN3O4S. The van der Waals surface area contributed by atoms with Crippen LogP contribution >= 0.6 is 12.2 Å². The summed E-state index contributed by atoms with van der Waals surface area (Å²) in [6.07, 6.45) is 0.563. The van der Waals surface area contributed by atoms with E-state index >= 15 is 0 Å². The third kappa shape index (κ3) is 5.36. The Morgan fingerprint density at radius 2 is 1.81 bits per heavy atom. The maximum Gasteiger partial charge on any atom is 0.256 e. The predicted molar refractivity (Wildman–Crippen MR) is 120 cm³/mol. The van der Waals surface area contributed by atoms with Crippen molar-refractivity contribution in [2.24, 2.45) is 0 Å². The fourth-order valence-electron chi connectivity index (χ4n) is 3.36. The minimum Gasteiger partial charge on any atom is -0.497 e. The molecule has 1 aliphatic heterocycles. The third-order valence-electron chi connectivity index (χ3n) is 4.90. The Labute approximate surface area is 185 Å². The van der Waals surface area contributed by atoms with Crippen molar-refractivity contribution in [1.82, 2.24) is 4.90 Å². The minimum atomic E-state index is -0.757. The van der Waals surface area contributed by atoms with Crippen LogP contribution in [-0.2, 0) is 14.3 Å². The number of anilines is 2. The van der Waals surface area contributed by atoms with E-state index in [9.17, 15) is 14.0 Å². The number of hydrogen-bond donors (Lipinski definition) is 1. The van der Waals surface area contributed by atoms with Gasteiger partial charge in [0.1, 0.15) is 17.6 Å². The molecule has 2 aromatic carbocycles. The van der Waals surface area contributed by atoms with Gasteiger partial charge in [-0.25, -0.2) is 4.39 Å². The lowest BCUT2D eigenvalue weighted by atomic mass is 10.1. The van der Waals surface area contributed by atoms with Gasteiger partial charge in [-0.1, -0.05) is 0 Å². The highest BCUT2D eigenvalue weighted by molar-refractivity contribution is 7.80. The van der Waals surface area contributed by atoms with Gasteiger partial charge in [0.15, 0.2) is 5.11 Å². The van der Waals surface area contributed by atoms with Gasteiger partial charge in [-0.05, 0) is 67.2 Å². The van der Waals surface area contributed by atoms with Gasteiger partial charge in [0.2, 0.25) is 5.91 Å². The summed E-state index contributed by atoms with van der Waals surface area (Å²) < 4.78 is 23.5. The average molecular weight is 446 g/mol. The molecule has 1 atom stereocenters. The zero-order chi connectivity index (χ0) is 22.4. The van der Waals surface area contributed by atoms with Gasteiger partial charge < -0.3 is 19.7 Å². The van der Waals surface area contributed by atoms with Gasteiger partial charge in [0.05, 0.1) is 19.2 Å². The van der Waals surface area contributed by atoms with Gasteiger partial charge >= 0.3 is 0 Å². The first-order valence-electron chi connectivity index (χ1n) is 9.77. The molecule has 9 heteroatoms. The first kappa shape index (κ1) is 22.6. The number of nitrogens with zero attached hydrogens (tertiary/aromatic N) is 2. The number of benzene rings is 2. The van der Waals surface area contributed by atoms with E-state index in [2.05, 4.69) is 5.32 Å². The molecule has 1 heterocycles. The highest BCUT2D eigenvalue weighted by Crippen LogP contribution is 2.28. The summed E-state index contributed by atoms with van der Waals surface area (Å²) in [4.78, 5) is 29.0. The van der Waals surface area contributed by atoms with Crippen LogP contribution in [0.3, 0.4) is 0 Å². The van der Waals surface area contributed by atoms with Crippen molar-refractivity contribution in [2.45, 2.75) is 18.9 Å². The molecule has 1 aliphatic rings. The second-order valence-corrected chi connectivity index (χ2v) is 7.33. The van der Waals surface area contributed by atoms with Crippen molar-refractivity contribution in [3.63, 3.8) is 0 Å². The highest BCUT2D eigenvalue weighted by Gasteiger charge is 2.43. The van der Waals surface area contributed by atoms with Crippen molar-refractivity contribution in [3.05, 3.63) is 54.3 Å². The molecule has 0 spiro atoms. The minimum absolute atomic E-state index is 0.0737. The van der Waals surface area contributed by atoms with Gasteiger partial charge in [-0.2, -0.15) is 0 Å². The lowest BCUT2D eigenvalue weighted by molar-refractivity contribution is -0.124. The van der Waals surface area contributed by atoms with E-state index < -0.39 is 11.9 Å². The molecule has 2 amide bonds. The van der Waals surface area contributed by atoms with E-state index in [0.717, 1.165) is 0 Å². The number of carbonyl (C=O) groups excluding carboxylic acids is 2. The fraction of sp³-hybridized carbons (Fsp3) is 0.318. The van der Waals surface area contributed by atoms with E-state index in [1.807, 2.05) is 0 Å². The number of hydrogen-bond acceptors (Lipinski definition) is 5. The zero-order valence-corrected chi connectivity index (χ0v) is 18.2. The highest BCUT2D eigenvalue weighted by atomic mass is 32.1. The van der Waals surface area contributed by atoms with Crippen LogP contribution < -0.4 is 15.0 Å². The SMILES string of the molecule is COCCCN1C(=S)N(c2ccc(F)cc2)C(=O)C1CC(=O)Nc1ccc(OC)cc1. The monoisotopic (exact) mass is 445 g/mol. The van der Waals surface area contributed by atoms with Gasteiger partial charge in [-0.15, -0.1) is 0 Å². The first-order chi connectivity index (χ1) is 14.9. The molecule has 0 radical (unpaired) electrons. The number of ether oxygens (including phenoxy) is 2. The number of carbonyl (C=O) groups is 2. The smallest absolute Gasteiger partial charge is 0.256 e. The largest absolute Gasteiger partial charge is 0.497 e. The van der Waals surface area contributed by atoms with Crippen molar-refractivity contribution in [1.29, 1.82) is 0 Å². The standard InChI is InChI=1S/C22H24FN3O4S/c1-29-13-3-12-25-19(14-20(27)24-16-6-10-18(30-2)11-7-16)21(28)26(22(25)31)17-8-4-15(23)5-9-17/h4-11,19H,3,12-14H2,1-2H3,(H,24,27). The molecule has 0 bridgehead atoms. The maximum atomic E-state index is 13.3. The number of amides is 2. The van der Waals surface area contributed by atoms with Gasteiger partial charge in [-0.3, -0.25) is 14.5 Å². The van der Waals surface area contributed by atoms with Crippen LogP contribution in [0.2, 0.25) is 0 Å². The molecule has 1 N–H and O–H groups in total. The third-order valence-corrected chi connectivity index (χ3v) is 5.32. The summed E-state index contributed by atoms with van der Waals surface area (Å²) >= 11 is 5.54. The summed E-state index contributed by atoms with van der Waals surface area (Å²) in [5.41, 5.74) is 1.06. The molecule has 0 aromatic heterocycles. The maximum absolute atomic E-state index is 13.3. The summed E-state index contributed by atoms with van der Waals surface area (Å²) in [5, 5.41) is 3.08. The molecule has 0 aliphatic carbocycles. The van der Waals surface area contributed by atoms with E-state index in [1.165, 1.54) is 29.2 Å². The fourth-order valence-corrected chi connectivity index (χ4v) is 3.77. The molecule has 1 saturated heterocycles. The van der Waals surface area contributed by atoms with Crippen LogP contribution in [-0.4, -0.2) is 55.2 Å². The Morgan fingerprint density at radius 3 is 2.42 bits per heavy atom. The van der Waals surface area contributed by atoms with Crippen molar-refractivity contribution in [2.75, 3.05) is 37.6 Å². The normalized spacial score (nSPS) is 16.0. The average Bonchev–Trinajstić information content (AvgIpc) is 2.99. The second-order valence-electron chi connectivity index (χ2n) is 6.97. The van der Waals surface area contributed by atoms with E-state index in [4.69, 9.17) is 21.7 Å². The first-order valence-corrected chi connectivity index (χ1v) is 10.2. The predicted octanol–water partition coefficient (Wildman–Crippen LogP) is 3.20. The number of thiocarbonyl (C=S) groups is 1. The topological polar surface area (TPSA) is 71.1 Å². The van der Waals surface area contributed by atoms with Crippen LogP contribution in [0.5, 0.6) is 5.75 Å². The van der Waals surface area contributed by atoms with Crippen LogP contribution in [0, 0.1) is 5.82 Å². The molecule has 2 aromatic rings. The van der Waals surface area contributed by atoms with Crippen LogP contribution in [0.1, 0.15) is 12.8 Å². The Kier molecular flexibility index (Phi) is 7.54. The van der Waals surface area contributed by atoms with Gasteiger partial charge in [0.25, 0.3) is 5.91 Å². The summed E-state index contributed by atoms with van der Waals surface area (Å²) in [6.45, 7) is 0.950. The summed E-state index contributed by atoms with van der Waals surface area (Å²) in [6, 6.07) is 11.7. The molecule has 7 nitrogen and oxygen atoms in total. The number of rotatable bonds is 9. The molecule has 164 valence electrons. The van der Waals surface area contributed by atoms with Crippen molar-refractivity contribution >= 4 is 40.5 Å². The number of nitrogens with one attached hydrogen (secondary N) is 1. The Morgan fingerprint density at radius 1 is 1.13 bits per heavy atom. The Bertz CT molecular complexity index is 937. The quantitative estimate of drug-likeness (QED) is 0.472. The molecule has 1 fully saturated rings. The molecule has 0 saturated carbocycles. The molecular weight excluding hydrogens is 421 g/mol. The van der Waals surface area contributed by atoms with Crippen LogP contribution in [0.15, 0.2) is 48.5 Å². The Hall–Kier alpha value is -3.04. The lowest BCUT2D eigenvalue weighted by Gasteiger charge is -2.23. The van der Waals surface area contributed by atoms with E-state index in [0.29, 0.717) is 36.7 Å². The van der Waals surface area contributed by atoms with Crippen LogP contribution in [0.4, 0.5) is 15.8 Å². The Balaban J connectivity index is 1.76. The lowest BCUT2D eigenvalue weighted by Crippen LogP contribution is -2.38. The molecule has 31 heavy (non-hydrogen) atoms. The van der Waals surface area contributed by atoms with Crippen molar-refractivity contribution < 1.29 is 23.5 Å². The number of halogens is 1. The second kappa shape index (κ2) is 10.3. The van der Waals surface area contributed by atoms with Gasteiger partial charge in [0, 0.05) is 25.9 Å².